The summed E-state index contributed by atoms with van der Waals surface area (Å²) in [5.74, 6) is 0.768. The van der Waals surface area contributed by atoms with Gasteiger partial charge in [-0.15, -0.1) is 0 Å². The van der Waals surface area contributed by atoms with Crippen LogP contribution in [0, 0.1) is 0 Å². The molecule has 0 atom stereocenters. The van der Waals surface area contributed by atoms with E-state index >= 15 is 0 Å². The van der Waals surface area contributed by atoms with Crippen LogP contribution in [0.2, 0.25) is 0 Å². The monoisotopic (exact) mass is 553 g/mol. The van der Waals surface area contributed by atoms with E-state index in [1.807, 2.05) is 30.1 Å². The lowest BCUT2D eigenvalue weighted by atomic mass is 10.0. The summed E-state index contributed by atoms with van der Waals surface area (Å²) in [6.45, 7) is 3.22. The van der Waals surface area contributed by atoms with Crippen LogP contribution in [0.5, 0.6) is 0 Å². The predicted molar refractivity (Wildman–Crippen MR) is 148 cm³/mol. The topological polar surface area (TPSA) is 103 Å². The number of aryl methyl sites for hydroxylation is 1. The minimum absolute atomic E-state index is 0.0403. The number of nitrogens with one attached hydrogen (secondary N) is 3. The fourth-order valence-corrected chi connectivity index (χ4v) is 4.69. The smallest absolute Gasteiger partial charge is 0.357 e. The number of carbonyl (C=O) groups excluding carboxylic acids is 1. The van der Waals surface area contributed by atoms with Gasteiger partial charge in [-0.1, -0.05) is 12.1 Å². The predicted octanol–water partition coefficient (Wildman–Crippen LogP) is 4.48. The van der Waals surface area contributed by atoms with Crippen molar-refractivity contribution in [2.75, 3.05) is 56.2 Å². The summed E-state index contributed by atoms with van der Waals surface area (Å²) in [7, 11) is 5.47. The van der Waals surface area contributed by atoms with Crippen LogP contribution in [-0.4, -0.2) is 75.9 Å². The molecule has 13 heteroatoms. The average Bonchev–Trinajstić information content (AvgIpc) is 3.28. The van der Waals surface area contributed by atoms with E-state index in [0.717, 1.165) is 41.3 Å². The third-order valence-corrected chi connectivity index (χ3v) is 6.88. The molecule has 5 rings (SSSR count). The van der Waals surface area contributed by atoms with Crippen molar-refractivity contribution in [2.45, 2.75) is 12.7 Å². The number of likely N-dealkylation sites (N-methyl/N-ethyl adjacent to an activating group) is 1. The van der Waals surface area contributed by atoms with Crippen molar-refractivity contribution in [1.82, 2.24) is 29.5 Å². The second-order valence-corrected chi connectivity index (χ2v) is 9.78. The molecule has 2 aromatic heterocycles. The van der Waals surface area contributed by atoms with Crippen molar-refractivity contribution < 1.29 is 18.0 Å². The number of halogens is 3. The molecule has 0 unspecified atom stereocenters. The summed E-state index contributed by atoms with van der Waals surface area (Å²) >= 11 is 0. The Morgan fingerprint density at radius 1 is 1.00 bits per heavy atom. The molecule has 0 spiro atoms. The van der Waals surface area contributed by atoms with Crippen LogP contribution in [0.3, 0.4) is 0 Å². The van der Waals surface area contributed by atoms with Crippen LogP contribution >= 0.6 is 0 Å². The highest BCUT2D eigenvalue weighted by Gasteiger charge is 2.34. The fraction of sp³-hybridized carbons (Fsp3) is 0.333. The van der Waals surface area contributed by atoms with Gasteiger partial charge in [-0.3, -0.25) is 14.9 Å². The molecule has 1 aliphatic heterocycles. The molecule has 2 amide bonds. The maximum absolute atomic E-state index is 13.9. The molecule has 1 saturated heterocycles. The highest BCUT2D eigenvalue weighted by Crippen LogP contribution is 2.35. The van der Waals surface area contributed by atoms with Gasteiger partial charge in [0.25, 0.3) is 0 Å². The Bertz CT molecular complexity index is 1530. The first kappa shape index (κ1) is 27.3. The van der Waals surface area contributed by atoms with Gasteiger partial charge in [-0.05, 0) is 36.9 Å². The second-order valence-electron chi connectivity index (χ2n) is 9.78. The van der Waals surface area contributed by atoms with Crippen molar-refractivity contribution in [3.8, 4) is 11.3 Å². The molecule has 0 aliphatic carbocycles. The zero-order valence-electron chi connectivity index (χ0n) is 22.4. The Labute approximate surface area is 229 Å². The van der Waals surface area contributed by atoms with Crippen molar-refractivity contribution in [3.63, 3.8) is 0 Å². The second kappa shape index (κ2) is 11.1. The van der Waals surface area contributed by atoms with Crippen LogP contribution in [0.4, 0.5) is 35.4 Å². The first-order valence-corrected chi connectivity index (χ1v) is 12.8. The molecular formula is C27H30F3N9O. The largest absolute Gasteiger partial charge is 0.416 e. The van der Waals surface area contributed by atoms with Crippen molar-refractivity contribution in [1.29, 1.82) is 0 Å². The van der Waals surface area contributed by atoms with Gasteiger partial charge in [0.05, 0.1) is 16.8 Å². The standard InChI is InChI=1S/C27H30F3N9O/c1-31-25-32-15-19-12-17(5-7-22(19)34-25)23-14-24(36-38(23)3)35-26(40)33-20-6-4-18(21(13-20)27(28,29)30)16-39-10-8-37(2)9-11-39/h4-7,12-15H,8-11,16H2,1-3H3,(H,31,32,34)(H2,33,35,36,40). The molecule has 4 aromatic rings. The van der Waals surface area contributed by atoms with Crippen LogP contribution in [0.1, 0.15) is 11.1 Å². The van der Waals surface area contributed by atoms with Gasteiger partial charge in [0.1, 0.15) is 0 Å². The molecular weight excluding hydrogens is 523 g/mol. The lowest BCUT2D eigenvalue weighted by molar-refractivity contribution is -0.138. The zero-order valence-corrected chi connectivity index (χ0v) is 22.4. The maximum atomic E-state index is 13.9. The van der Waals surface area contributed by atoms with Crippen molar-refractivity contribution in [3.05, 3.63) is 59.8 Å². The molecule has 40 heavy (non-hydrogen) atoms. The summed E-state index contributed by atoms with van der Waals surface area (Å²) in [5, 5.41) is 13.2. The summed E-state index contributed by atoms with van der Waals surface area (Å²) < 4.78 is 43.3. The number of aromatic nitrogens is 4. The third kappa shape index (κ3) is 6.15. The van der Waals surface area contributed by atoms with E-state index in [-0.39, 0.29) is 23.6 Å². The highest BCUT2D eigenvalue weighted by molar-refractivity contribution is 5.99. The third-order valence-electron chi connectivity index (χ3n) is 6.88. The molecule has 210 valence electrons. The highest BCUT2D eigenvalue weighted by atomic mass is 19.4. The number of urea groups is 1. The van der Waals surface area contributed by atoms with Crippen molar-refractivity contribution in [2.24, 2.45) is 7.05 Å². The van der Waals surface area contributed by atoms with E-state index in [2.05, 4.69) is 35.9 Å². The lowest BCUT2D eigenvalue weighted by Gasteiger charge is -2.33. The normalized spacial score (nSPS) is 14.8. The molecule has 3 heterocycles. The zero-order chi connectivity index (χ0) is 28.4. The number of hydrogen-bond donors (Lipinski definition) is 3. The van der Waals surface area contributed by atoms with E-state index in [1.54, 1.807) is 31.0 Å². The number of benzene rings is 2. The molecule has 2 aromatic carbocycles. The van der Waals surface area contributed by atoms with E-state index in [0.29, 0.717) is 19.0 Å². The van der Waals surface area contributed by atoms with E-state index < -0.39 is 17.8 Å². The minimum atomic E-state index is -4.55. The van der Waals surface area contributed by atoms with Gasteiger partial charge < -0.3 is 15.5 Å². The fourth-order valence-electron chi connectivity index (χ4n) is 4.69. The number of rotatable bonds is 6. The van der Waals surface area contributed by atoms with Gasteiger partial charge in [0, 0.05) is 75.7 Å². The van der Waals surface area contributed by atoms with Gasteiger partial charge in [-0.2, -0.15) is 18.3 Å². The van der Waals surface area contributed by atoms with Crippen LogP contribution < -0.4 is 16.0 Å². The van der Waals surface area contributed by atoms with Crippen LogP contribution in [-0.2, 0) is 19.8 Å². The Hall–Kier alpha value is -4.23. The molecule has 10 nitrogen and oxygen atoms in total. The number of carbonyl (C=O) groups is 1. The lowest BCUT2D eigenvalue weighted by Crippen LogP contribution is -2.44. The summed E-state index contributed by atoms with van der Waals surface area (Å²) in [6.07, 6.45) is -2.84. The average molecular weight is 554 g/mol. The maximum Gasteiger partial charge on any atom is 0.416 e. The van der Waals surface area contributed by atoms with Gasteiger partial charge in [-0.25, -0.2) is 14.8 Å². The van der Waals surface area contributed by atoms with E-state index in [4.69, 9.17) is 0 Å². The number of hydrogen-bond acceptors (Lipinski definition) is 7. The Balaban J connectivity index is 1.29. The van der Waals surface area contributed by atoms with Crippen LogP contribution in [0.25, 0.3) is 22.2 Å². The van der Waals surface area contributed by atoms with Crippen molar-refractivity contribution >= 4 is 34.4 Å². The number of fused-ring (bicyclic) bond motifs is 1. The Kier molecular flexibility index (Phi) is 7.59. The molecule has 1 aliphatic rings. The number of alkyl halides is 3. The first-order chi connectivity index (χ1) is 19.1. The number of piperazine rings is 1. The van der Waals surface area contributed by atoms with E-state index in [9.17, 15) is 18.0 Å². The van der Waals surface area contributed by atoms with Crippen LogP contribution in [0.15, 0.2) is 48.7 Å². The first-order valence-electron chi connectivity index (χ1n) is 12.8. The molecule has 0 radical (unpaired) electrons. The van der Waals surface area contributed by atoms with Gasteiger partial charge in [0.15, 0.2) is 5.82 Å². The number of nitrogens with zero attached hydrogens (tertiary/aromatic N) is 6. The van der Waals surface area contributed by atoms with Gasteiger partial charge >= 0.3 is 12.2 Å². The van der Waals surface area contributed by atoms with E-state index in [1.165, 1.54) is 12.1 Å². The van der Waals surface area contributed by atoms with Gasteiger partial charge in [0.2, 0.25) is 5.95 Å². The summed E-state index contributed by atoms with van der Waals surface area (Å²) in [4.78, 5) is 25.5. The Morgan fingerprint density at radius 2 is 1.77 bits per heavy atom. The summed E-state index contributed by atoms with van der Waals surface area (Å²) in [6, 6.07) is 10.5. The SMILES string of the molecule is CNc1ncc2cc(-c3cc(NC(=O)Nc4ccc(CN5CCN(C)CC5)c(C(F)(F)F)c4)nn3C)ccc2n1. The quantitative estimate of drug-likeness (QED) is 0.324. The Morgan fingerprint density at radius 3 is 2.50 bits per heavy atom. The molecule has 1 fully saturated rings. The number of amides is 2. The molecule has 0 bridgehead atoms. The molecule has 0 saturated carbocycles. The molecule has 3 N–H and O–H groups in total. The minimum Gasteiger partial charge on any atom is -0.357 e. The number of anilines is 3. The summed E-state index contributed by atoms with van der Waals surface area (Å²) in [5.41, 5.74) is 1.80.